The van der Waals surface area contributed by atoms with E-state index in [1.54, 1.807) is 43.4 Å². The molecule has 0 unspecified atom stereocenters. The van der Waals surface area contributed by atoms with Gasteiger partial charge in [-0.2, -0.15) is 0 Å². The first-order valence-corrected chi connectivity index (χ1v) is 10.1. The number of para-hydroxylation sites is 1. The molecule has 0 aliphatic carbocycles. The number of ether oxygens (including phenoxy) is 3. The van der Waals surface area contributed by atoms with Crippen LogP contribution in [0, 0.1) is 5.82 Å². The number of methoxy groups -OCH3 is 2. The third kappa shape index (κ3) is 4.80. The number of anilines is 1. The summed E-state index contributed by atoms with van der Waals surface area (Å²) in [4.78, 5) is 21.1. The molecule has 0 fully saturated rings. The van der Waals surface area contributed by atoms with Crippen molar-refractivity contribution < 1.29 is 23.4 Å². The molecule has 0 bridgehead atoms. The summed E-state index contributed by atoms with van der Waals surface area (Å²) >= 11 is 1.33. The van der Waals surface area contributed by atoms with E-state index in [0.29, 0.717) is 35.2 Å². The predicted octanol–water partition coefficient (Wildman–Crippen LogP) is 3.43. The van der Waals surface area contributed by atoms with E-state index in [9.17, 15) is 9.18 Å². The fraction of sp³-hybridized carbons (Fsp3) is 0.333. The molecule has 0 spiro atoms. The topological polar surface area (TPSA) is 64.1 Å². The minimum Gasteiger partial charge on any atom is -0.495 e. The van der Waals surface area contributed by atoms with E-state index in [-0.39, 0.29) is 18.3 Å². The number of fused-ring (bicyclic) bond motifs is 1. The lowest BCUT2D eigenvalue weighted by Crippen LogP contribution is -2.39. The van der Waals surface area contributed by atoms with Gasteiger partial charge in [0.05, 0.1) is 14.2 Å². The molecule has 0 radical (unpaired) electrons. The van der Waals surface area contributed by atoms with Gasteiger partial charge in [-0.05, 0) is 38.4 Å². The van der Waals surface area contributed by atoms with Crippen molar-refractivity contribution in [3.8, 4) is 17.2 Å². The van der Waals surface area contributed by atoms with Crippen LogP contribution in [-0.4, -0.2) is 63.8 Å². The number of hydrogen-bond acceptors (Lipinski definition) is 7. The van der Waals surface area contributed by atoms with Crippen LogP contribution in [0.15, 0.2) is 36.4 Å². The van der Waals surface area contributed by atoms with Crippen LogP contribution in [-0.2, 0) is 4.79 Å². The molecule has 0 saturated heterocycles. The maximum Gasteiger partial charge on any atom is 0.266 e. The Kier molecular flexibility index (Phi) is 7.07. The molecule has 3 aromatic rings. The molecule has 7 nitrogen and oxygen atoms in total. The van der Waals surface area contributed by atoms with Crippen LogP contribution in [0.1, 0.15) is 0 Å². The molecule has 9 heteroatoms. The molecule has 0 N–H and O–H groups in total. The number of amides is 1. The standard InChI is InChI=1S/C21H24FN3O4S/c1-24(2)11-12-25(18(26)13-29-15-8-6-5-7-14(15)22)21-23-19-16(27-3)9-10-17(28-4)20(19)30-21/h5-10H,11-13H2,1-4H3. The van der Waals surface area contributed by atoms with Crippen LogP contribution in [0.2, 0.25) is 0 Å². The van der Waals surface area contributed by atoms with Gasteiger partial charge in [-0.25, -0.2) is 9.37 Å². The number of rotatable bonds is 9. The van der Waals surface area contributed by atoms with E-state index >= 15 is 0 Å². The third-order valence-corrected chi connectivity index (χ3v) is 5.48. The Balaban J connectivity index is 1.91. The fourth-order valence-corrected chi connectivity index (χ4v) is 3.91. The van der Waals surface area contributed by atoms with Gasteiger partial charge in [0.25, 0.3) is 5.91 Å². The summed E-state index contributed by atoms with van der Waals surface area (Å²) in [5.74, 6) is 0.441. The monoisotopic (exact) mass is 433 g/mol. The Labute approximate surface area is 178 Å². The Hall–Kier alpha value is -2.91. The van der Waals surface area contributed by atoms with Crippen molar-refractivity contribution in [2.75, 3.05) is 52.9 Å². The number of benzene rings is 2. The van der Waals surface area contributed by atoms with Gasteiger partial charge in [-0.3, -0.25) is 9.69 Å². The van der Waals surface area contributed by atoms with E-state index in [2.05, 4.69) is 4.98 Å². The second-order valence-electron chi connectivity index (χ2n) is 6.71. The first kappa shape index (κ1) is 21.8. The number of aromatic nitrogens is 1. The average molecular weight is 434 g/mol. The number of carbonyl (C=O) groups is 1. The highest BCUT2D eigenvalue weighted by molar-refractivity contribution is 7.22. The minimum absolute atomic E-state index is 0.0334. The van der Waals surface area contributed by atoms with E-state index in [4.69, 9.17) is 14.2 Å². The van der Waals surface area contributed by atoms with Crippen molar-refractivity contribution in [1.82, 2.24) is 9.88 Å². The molecule has 160 valence electrons. The molecular weight excluding hydrogens is 409 g/mol. The Morgan fingerprint density at radius 1 is 1.03 bits per heavy atom. The van der Waals surface area contributed by atoms with Crippen LogP contribution in [0.25, 0.3) is 10.2 Å². The van der Waals surface area contributed by atoms with Crippen molar-refractivity contribution in [1.29, 1.82) is 0 Å². The molecule has 0 saturated carbocycles. The average Bonchev–Trinajstić information content (AvgIpc) is 3.17. The van der Waals surface area contributed by atoms with Crippen LogP contribution in [0.3, 0.4) is 0 Å². The van der Waals surface area contributed by atoms with Crippen LogP contribution in [0.4, 0.5) is 9.52 Å². The molecule has 0 atom stereocenters. The van der Waals surface area contributed by atoms with Gasteiger partial charge < -0.3 is 19.1 Å². The highest BCUT2D eigenvalue weighted by Gasteiger charge is 2.23. The first-order chi connectivity index (χ1) is 14.4. The third-order valence-electron chi connectivity index (χ3n) is 4.39. The van der Waals surface area contributed by atoms with Crippen molar-refractivity contribution in [2.24, 2.45) is 0 Å². The number of thiazole rings is 1. The maximum atomic E-state index is 13.8. The second kappa shape index (κ2) is 9.73. The number of halogens is 1. The minimum atomic E-state index is -0.514. The summed E-state index contributed by atoms with van der Waals surface area (Å²) < 4.78 is 30.9. The van der Waals surface area contributed by atoms with Crippen LogP contribution in [0.5, 0.6) is 17.2 Å². The molecule has 0 aliphatic heterocycles. The maximum absolute atomic E-state index is 13.8. The highest BCUT2D eigenvalue weighted by atomic mass is 32.1. The van der Waals surface area contributed by atoms with Crippen LogP contribution >= 0.6 is 11.3 Å². The second-order valence-corrected chi connectivity index (χ2v) is 7.69. The van der Waals surface area contributed by atoms with Crippen molar-refractivity contribution in [2.45, 2.75) is 0 Å². The zero-order valence-electron chi connectivity index (χ0n) is 17.3. The lowest BCUT2D eigenvalue weighted by atomic mass is 10.3. The van der Waals surface area contributed by atoms with Crippen LogP contribution < -0.4 is 19.1 Å². The summed E-state index contributed by atoms with van der Waals surface area (Å²) in [5.41, 5.74) is 0.620. The molecular formula is C21H24FN3O4S. The molecule has 1 amide bonds. The lowest BCUT2D eigenvalue weighted by molar-refractivity contribution is -0.120. The highest BCUT2D eigenvalue weighted by Crippen LogP contribution is 2.40. The Morgan fingerprint density at radius 3 is 2.40 bits per heavy atom. The number of hydrogen-bond donors (Lipinski definition) is 0. The van der Waals surface area contributed by atoms with Gasteiger partial charge >= 0.3 is 0 Å². The van der Waals surface area contributed by atoms with Crippen molar-refractivity contribution in [3.05, 3.63) is 42.2 Å². The summed E-state index contributed by atoms with van der Waals surface area (Å²) in [5, 5.41) is 0.497. The smallest absolute Gasteiger partial charge is 0.266 e. The lowest BCUT2D eigenvalue weighted by Gasteiger charge is -2.22. The van der Waals surface area contributed by atoms with E-state index in [0.717, 1.165) is 4.70 Å². The molecule has 1 heterocycles. The molecule has 2 aromatic carbocycles. The molecule has 30 heavy (non-hydrogen) atoms. The summed E-state index contributed by atoms with van der Waals surface area (Å²) in [6.45, 7) is 0.713. The van der Waals surface area contributed by atoms with E-state index in [1.807, 2.05) is 19.0 Å². The van der Waals surface area contributed by atoms with Gasteiger partial charge in [-0.1, -0.05) is 23.5 Å². The Bertz CT molecular complexity index is 984. The van der Waals surface area contributed by atoms with Crippen molar-refractivity contribution >= 4 is 32.6 Å². The zero-order chi connectivity index (χ0) is 21.7. The number of carbonyl (C=O) groups excluding carboxylic acids is 1. The van der Waals surface area contributed by atoms with E-state index in [1.165, 1.54) is 23.5 Å². The van der Waals surface area contributed by atoms with Gasteiger partial charge in [0.1, 0.15) is 21.7 Å². The largest absolute Gasteiger partial charge is 0.495 e. The SMILES string of the molecule is COc1ccc(OC)c2sc(N(CCN(C)C)C(=O)COc3ccccc3F)nc12. The van der Waals surface area contributed by atoms with Gasteiger partial charge in [0.15, 0.2) is 23.3 Å². The summed E-state index contributed by atoms with van der Waals surface area (Å²) in [7, 11) is 6.99. The molecule has 0 aliphatic rings. The predicted molar refractivity (Wildman–Crippen MR) is 116 cm³/mol. The number of nitrogens with zero attached hydrogens (tertiary/aromatic N) is 3. The quantitative estimate of drug-likeness (QED) is 0.515. The fourth-order valence-electron chi connectivity index (χ4n) is 2.80. The molecule has 3 rings (SSSR count). The first-order valence-electron chi connectivity index (χ1n) is 9.28. The zero-order valence-corrected chi connectivity index (χ0v) is 18.2. The van der Waals surface area contributed by atoms with Gasteiger partial charge in [-0.15, -0.1) is 0 Å². The normalized spacial score (nSPS) is 11.0. The Morgan fingerprint density at radius 2 is 1.73 bits per heavy atom. The van der Waals surface area contributed by atoms with Crippen molar-refractivity contribution in [3.63, 3.8) is 0 Å². The van der Waals surface area contributed by atoms with E-state index < -0.39 is 5.82 Å². The molecule has 1 aromatic heterocycles. The van der Waals surface area contributed by atoms with Gasteiger partial charge in [0, 0.05) is 13.1 Å². The summed E-state index contributed by atoms with van der Waals surface area (Å²) in [6.07, 6.45) is 0. The summed E-state index contributed by atoms with van der Waals surface area (Å²) in [6, 6.07) is 9.57. The van der Waals surface area contributed by atoms with Gasteiger partial charge in [0.2, 0.25) is 0 Å². The number of likely N-dealkylation sites (N-methyl/N-ethyl adjacent to an activating group) is 1.